The van der Waals surface area contributed by atoms with E-state index >= 15 is 0 Å². The van der Waals surface area contributed by atoms with E-state index in [1.807, 2.05) is 6.07 Å². The molecule has 0 saturated carbocycles. The van der Waals surface area contributed by atoms with Crippen molar-refractivity contribution >= 4 is 22.7 Å². The van der Waals surface area contributed by atoms with Crippen LogP contribution in [0.5, 0.6) is 0 Å². The molecule has 0 spiro atoms. The van der Waals surface area contributed by atoms with Gasteiger partial charge in [0.15, 0.2) is 0 Å². The van der Waals surface area contributed by atoms with E-state index in [-0.39, 0.29) is 6.04 Å². The lowest BCUT2D eigenvalue weighted by molar-refractivity contribution is 0.685. The van der Waals surface area contributed by atoms with Crippen LogP contribution in [-0.2, 0) is 0 Å². The molecule has 3 rings (SSSR count). The molecule has 0 aliphatic rings. The Morgan fingerprint density at radius 1 is 1.10 bits per heavy atom. The fraction of sp³-hybridized carbons (Fsp3) is 0.176. The van der Waals surface area contributed by atoms with Crippen molar-refractivity contribution in [2.45, 2.75) is 29.3 Å². The number of hydrogen-bond donors (Lipinski definition) is 2. The number of aromatic amines is 1. The van der Waals surface area contributed by atoms with Gasteiger partial charge in [-0.25, -0.2) is 0 Å². The fourth-order valence-corrected chi connectivity index (χ4v) is 3.39. The van der Waals surface area contributed by atoms with Crippen LogP contribution in [0.25, 0.3) is 10.9 Å². The number of nitrogens with two attached hydrogens (primary N) is 1. The first kappa shape index (κ1) is 13.3. The summed E-state index contributed by atoms with van der Waals surface area (Å²) in [6, 6.07) is 19.0. The van der Waals surface area contributed by atoms with Crippen molar-refractivity contribution in [2.75, 3.05) is 0 Å². The summed E-state index contributed by atoms with van der Waals surface area (Å²) < 4.78 is 0. The predicted octanol–water partition coefficient (Wildman–Crippen LogP) is 4.73. The van der Waals surface area contributed by atoms with Crippen molar-refractivity contribution in [1.29, 1.82) is 0 Å². The second-order valence-corrected chi connectivity index (χ2v) is 5.96. The van der Waals surface area contributed by atoms with Gasteiger partial charge in [0.1, 0.15) is 0 Å². The summed E-state index contributed by atoms with van der Waals surface area (Å²) in [4.78, 5) is 4.68. The van der Waals surface area contributed by atoms with Crippen LogP contribution in [-0.4, -0.2) is 4.98 Å². The Morgan fingerprint density at radius 2 is 1.85 bits per heavy atom. The molecule has 1 aromatic heterocycles. The van der Waals surface area contributed by atoms with E-state index in [0.717, 1.165) is 11.4 Å². The highest BCUT2D eigenvalue weighted by Crippen LogP contribution is 2.34. The third-order valence-electron chi connectivity index (χ3n) is 3.48. The Balaban J connectivity index is 1.94. The molecule has 2 aromatic carbocycles. The van der Waals surface area contributed by atoms with E-state index < -0.39 is 0 Å². The average Bonchev–Trinajstić information content (AvgIpc) is 2.89. The maximum atomic E-state index is 6.20. The van der Waals surface area contributed by atoms with E-state index in [4.69, 9.17) is 5.73 Å². The minimum absolute atomic E-state index is 0.100. The minimum Gasteiger partial charge on any atom is -0.349 e. The van der Waals surface area contributed by atoms with Gasteiger partial charge in [0, 0.05) is 21.8 Å². The van der Waals surface area contributed by atoms with Crippen LogP contribution in [0.3, 0.4) is 0 Å². The number of hydrogen-bond acceptors (Lipinski definition) is 2. The van der Waals surface area contributed by atoms with Gasteiger partial charge in [-0.3, -0.25) is 0 Å². The molecule has 0 aliphatic carbocycles. The van der Waals surface area contributed by atoms with Crippen LogP contribution in [0.15, 0.2) is 64.5 Å². The van der Waals surface area contributed by atoms with E-state index in [1.165, 1.54) is 21.4 Å². The third kappa shape index (κ3) is 2.60. The SMILES string of the molecule is CC[C@H](N)c1ccccc1Sc1cc2ccccc2[nH]1. The van der Waals surface area contributed by atoms with E-state index in [9.17, 15) is 0 Å². The highest BCUT2D eigenvalue weighted by Gasteiger charge is 2.11. The lowest BCUT2D eigenvalue weighted by Crippen LogP contribution is -2.09. The van der Waals surface area contributed by atoms with Gasteiger partial charge in [-0.1, -0.05) is 55.1 Å². The van der Waals surface area contributed by atoms with Gasteiger partial charge in [0.2, 0.25) is 0 Å². The molecule has 0 unspecified atom stereocenters. The summed E-state index contributed by atoms with van der Waals surface area (Å²) in [5, 5.41) is 2.40. The first-order chi connectivity index (χ1) is 9.78. The second-order valence-electron chi connectivity index (χ2n) is 4.88. The molecule has 3 N–H and O–H groups in total. The molecule has 0 bridgehead atoms. The largest absolute Gasteiger partial charge is 0.349 e. The lowest BCUT2D eigenvalue weighted by atomic mass is 10.1. The summed E-state index contributed by atoms with van der Waals surface area (Å²) in [7, 11) is 0. The Morgan fingerprint density at radius 3 is 2.65 bits per heavy atom. The normalized spacial score (nSPS) is 12.7. The topological polar surface area (TPSA) is 41.8 Å². The molecule has 0 saturated heterocycles. The number of rotatable bonds is 4. The summed E-state index contributed by atoms with van der Waals surface area (Å²) in [5.74, 6) is 0. The zero-order valence-electron chi connectivity index (χ0n) is 11.5. The smallest absolute Gasteiger partial charge is 0.0780 e. The summed E-state index contributed by atoms with van der Waals surface area (Å²) in [6.07, 6.45) is 0.949. The highest BCUT2D eigenvalue weighted by molar-refractivity contribution is 7.99. The standard InChI is InChI=1S/C17H18N2S/c1-2-14(18)13-8-4-6-10-16(13)20-17-11-12-7-3-5-9-15(12)19-17/h3-11,14,19H,2,18H2,1H3/t14-/m0/s1. The Hall–Kier alpha value is -1.71. The van der Waals surface area contributed by atoms with Crippen LogP contribution in [0.4, 0.5) is 0 Å². The maximum Gasteiger partial charge on any atom is 0.0780 e. The third-order valence-corrected chi connectivity index (χ3v) is 4.52. The van der Waals surface area contributed by atoms with Gasteiger partial charge in [0.05, 0.1) is 5.03 Å². The van der Waals surface area contributed by atoms with Crippen molar-refractivity contribution in [3.05, 3.63) is 60.2 Å². The number of aromatic nitrogens is 1. The highest BCUT2D eigenvalue weighted by atomic mass is 32.2. The van der Waals surface area contributed by atoms with Gasteiger partial charge >= 0.3 is 0 Å². The van der Waals surface area contributed by atoms with Gasteiger partial charge in [0.25, 0.3) is 0 Å². The Bertz CT molecular complexity index is 685. The number of benzene rings is 2. The molecule has 2 nitrogen and oxygen atoms in total. The van der Waals surface area contributed by atoms with Crippen molar-refractivity contribution in [3.8, 4) is 0 Å². The van der Waals surface area contributed by atoms with Gasteiger partial charge in [-0.15, -0.1) is 0 Å². The molecule has 20 heavy (non-hydrogen) atoms. The monoisotopic (exact) mass is 282 g/mol. The summed E-state index contributed by atoms with van der Waals surface area (Å²) >= 11 is 1.75. The first-order valence-electron chi connectivity index (χ1n) is 6.88. The fourth-order valence-electron chi connectivity index (χ4n) is 2.32. The van der Waals surface area contributed by atoms with Crippen molar-refractivity contribution in [3.63, 3.8) is 0 Å². The van der Waals surface area contributed by atoms with Crippen LogP contribution in [0.2, 0.25) is 0 Å². The average molecular weight is 282 g/mol. The first-order valence-corrected chi connectivity index (χ1v) is 7.69. The molecule has 1 atom stereocenters. The van der Waals surface area contributed by atoms with Gasteiger partial charge in [-0.2, -0.15) is 0 Å². The van der Waals surface area contributed by atoms with Crippen molar-refractivity contribution < 1.29 is 0 Å². The lowest BCUT2D eigenvalue weighted by Gasteiger charge is -2.13. The number of nitrogens with one attached hydrogen (secondary N) is 1. The molecule has 102 valence electrons. The van der Waals surface area contributed by atoms with Gasteiger partial charge in [-0.05, 0) is 30.2 Å². The second kappa shape index (κ2) is 5.73. The number of para-hydroxylation sites is 1. The molecular weight excluding hydrogens is 264 g/mol. The predicted molar refractivity (Wildman–Crippen MR) is 86.1 cm³/mol. The maximum absolute atomic E-state index is 6.20. The molecule has 0 radical (unpaired) electrons. The Kier molecular flexibility index (Phi) is 3.81. The van der Waals surface area contributed by atoms with Crippen LogP contribution in [0.1, 0.15) is 24.9 Å². The zero-order valence-corrected chi connectivity index (χ0v) is 12.3. The van der Waals surface area contributed by atoms with E-state index in [0.29, 0.717) is 0 Å². The summed E-state index contributed by atoms with van der Waals surface area (Å²) in [6.45, 7) is 2.12. The minimum atomic E-state index is 0.100. The zero-order chi connectivity index (χ0) is 13.9. The molecule has 0 amide bonds. The van der Waals surface area contributed by atoms with Crippen LogP contribution in [0, 0.1) is 0 Å². The number of H-pyrrole nitrogens is 1. The van der Waals surface area contributed by atoms with Crippen molar-refractivity contribution in [2.24, 2.45) is 5.73 Å². The van der Waals surface area contributed by atoms with Crippen molar-refractivity contribution in [1.82, 2.24) is 4.98 Å². The Labute approximate surface area is 123 Å². The number of fused-ring (bicyclic) bond motifs is 1. The molecule has 3 aromatic rings. The quantitative estimate of drug-likeness (QED) is 0.726. The molecule has 0 aliphatic heterocycles. The molecule has 3 heteroatoms. The molecular formula is C17H18N2S. The van der Waals surface area contributed by atoms with Gasteiger partial charge < -0.3 is 10.7 Å². The van der Waals surface area contributed by atoms with Crippen LogP contribution >= 0.6 is 11.8 Å². The van der Waals surface area contributed by atoms with E-state index in [2.05, 4.69) is 60.4 Å². The molecule has 0 fully saturated rings. The molecule has 1 heterocycles. The van der Waals surface area contributed by atoms with Crippen LogP contribution < -0.4 is 5.73 Å². The summed E-state index contributed by atoms with van der Waals surface area (Å²) in [5.41, 5.74) is 8.59. The van der Waals surface area contributed by atoms with E-state index in [1.54, 1.807) is 11.8 Å².